The summed E-state index contributed by atoms with van der Waals surface area (Å²) < 4.78 is 71.3. The van der Waals surface area contributed by atoms with Crippen LogP contribution in [0.1, 0.15) is 68.8 Å². The first-order valence-electron chi connectivity index (χ1n) is 14.6. The summed E-state index contributed by atoms with van der Waals surface area (Å²) in [5, 5.41) is 21.9. The van der Waals surface area contributed by atoms with E-state index in [2.05, 4.69) is 0 Å². The third-order valence-electron chi connectivity index (χ3n) is 8.51. The number of allylic oxidation sites excluding steroid dienone is 4. The van der Waals surface area contributed by atoms with Crippen LogP contribution in [0.25, 0.3) is 0 Å². The van der Waals surface area contributed by atoms with Gasteiger partial charge in [0.2, 0.25) is 0 Å². The molecule has 5 rings (SSSR count). The lowest BCUT2D eigenvalue weighted by Gasteiger charge is -2.59. The predicted octanol–water partition coefficient (Wildman–Crippen LogP) is 2.72. The van der Waals surface area contributed by atoms with E-state index in [1.165, 1.54) is 0 Å². The number of hydrogen-bond acceptors (Lipinski definition) is 6. The molecule has 6 nitrogen and oxygen atoms in total. The Morgan fingerprint density at radius 2 is 2.26 bits per heavy atom. The van der Waals surface area contributed by atoms with Crippen LogP contribution < -0.4 is 0 Å². The molecule has 1 heterocycles. The van der Waals surface area contributed by atoms with Crippen molar-refractivity contribution in [2.45, 2.75) is 83.3 Å². The maximum Gasteiger partial charge on any atom is 0.193 e. The summed E-state index contributed by atoms with van der Waals surface area (Å²) in [6, 6.07) is -0.702. The minimum atomic E-state index is -3.32. The highest BCUT2D eigenvalue weighted by molar-refractivity contribution is 6.01. The number of hydrogen-bond donors (Lipinski definition) is 2. The number of fused-ring (bicyclic) bond motifs is 7. The number of aliphatic hydroxyl groups is 2. The maximum atomic E-state index is 13.7. The van der Waals surface area contributed by atoms with Crippen LogP contribution >= 0.6 is 0 Å². The zero-order valence-electron chi connectivity index (χ0n) is 25.0. The van der Waals surface area contributed by atoms with Crippen molar-refractivity contribution in [1.29, 1.82) is 0 Å². The largest absolute Gasteiger partial charge is 0.393 e. The van der Waals surface area contributed by atoms with Crippen molar-refractivity contribution in [3.05, 3.63) is 23.8 Å². The van der Waals surface area contributed by atoms with Gasteiger partial charge in [-0.25, -0.2) is 0 Å². The number of Topliss-reactive ketones (excluding diaryl/α,β-unsaturated/α-hetero) is 1. The highest BCUT2D eigenvalue weighted by atomic mass is 16.7. The molecule has 4 aliphatic carbocycles. The van der Waals surface area contributed by atoms with Gasteiger partial charge in [0.1, 0.15) is 6.56 Å². The average Bonchev–Trinajstić information content (AvgIpc) is 3.18. The number of rotatable bonds is 4. The van der Waals surface area contributed by atoms with Gasteiger partial charge in [-0.2, -0.15) is 0 Å². The van der Waals surface area contributed by atoms with Crippen LogP contribution in [0.4, 0.5) is 0 Å². The Kier molecular flexibility index (Phi) is 3.36. The van der Waals surface area contributed by atoms with Crippen molar-refractivity contribution in [2.75, 3.05) is 6.56 Å². The Bertz CT molecular complexity index is 1170. The SMILES string of the molecule is [2H]C1=CC(=O)C([2H])=C2C([2H])([2H])C[C@@H]3[C@H]([C@@H](O)C[C@@]4(C)[C@H]3C[C@H]3OC([2H])(CCC)O[C@]34C(=O)C([2H])([2H])O)[C@@]12C. The summed E-state index contributed by atoms with van der Waals surface area (Å²) in [4.78, 5) is 26.1. The molecule has 0 spiro atoms. The summed E-state index contributed by atoms with van der Waals surface area (Å²) in [6.07, 6.45) is -5.19. The molecule has 4 fully saturated rings. The van der Waals surface area contributed by atoms with Crippen molar-refractivity contribution < 1.29 is 38.9 Å². The molecule has 2 N–H and O–H groups in total. The third kappa shape index (κ3) is 2.65. The van der Waals surface area contributed by atoms with Gasteiger partial charge < -0.3 is 19.7 Å². The average molecular weight is 438 g/mol. The van der Waals surface area contributed by atoms with E-state index in [-0.39, 0.29) is 37.3 Å². The van der Waals surface area contributed by atoms with Crippen LogP contribution in [0.5, 0.6) is 0 Å². The second kappa shape index (κ2) is 7.08. The van der Waals surface area contributed by atoms with Gasteiger partial charge in [0, 0.05) is 19.5 Å². The summed E-state index contributed by atoms with van der Waals surface area (Å²) in [6.45, 7) is 1.70. The van der Waals surface area contributed by atoms with E-state index in [9.17, 15) is 19.8 Å². The van der Waals surface area contributed by atoms with Crippen molar-refractivity contribution in [3.63, 3.8) is 0 Å². The first-order valence-corrected chi connectivity index (χ1v) is 11.1. The highest BCUT2D eigenvalue weighted by Gasteiger charge is 2.75. The van der Waals surface area contributed by atoms with Crippen LogP contribution in [0, 0.1) is 28.6 Å². The van der Waals surface area contributed by atoms with Crippen LogP contribution in [0.3, 0.4) is 0 Å². The molecule has 0 aromatic carbocycles. The number of ketones is 2. The second-order valence-electron chi connectivity index (χ2n) is 9.96. The molecular formula is C25H34O6. The summed E-state index contributed by atoms with van der Waals surface area (Å²) >= 11 is 0. The van der Waals surface area contributed by atoms with Gasteiger partial charge >= 0.3 is 0 Å². The fraction of sp³-hybridized carbons (Fsp3) is 0.760. The van der Waals surface area contributed by atoms with E-state index in [0.717, 1.165) is 6.08 Å². The van der Waals surface area contributed by atoms with E-state index in [0.29, 0.717) is 6.42 Å². The Morgan fingerprint density at radius 3 is 2.97 bits per heavy atom. The molecule has 1 saturated heterocycles. The lowest BCUT2D eigenvalue weighted by atomic mass is 9.46. The van der Waals surface area contributed by atoms with E-state index in [1.807, 2.05) is 0 Å². The Hall–Kier alpha value is -1.34. The van der Waals surface area contributed by atoms with E-state index in [1.54, 1.807) is 20.8 Å². The fourth-order valence-corrected chi connectivity index (χ4v) is 7.24. The van der Waals surface area contributed by atoms with E-state index >= 15 is 0 Å². The molecule has 0 aromatic heterocycles. The molecular weight excluding hydrogens is 396 g/mol. The quantitative estimate of drug-likeness (QED) is 0.703. The van der Waals surface area contributed by atoms with Crippen molar-refractivity contribution in [1.82, 2.24) is 0 Å². The molecule has 1 aliphatic heterocycles. The third-order valence-corrected chi connectivity index (χ3v) is 8.51. The second-order valence-corrected chi connectivity index (χ2v) is 9.96. The molecule has 5 aliphatic rings. The van der Waals surface area contributed by atoms with E-state index < -0.39 is 83.2 Å². The minimum absolute atomic E-state index is 0.0877. The number of carbonyl (C=O) groups excluding carboxylic acids is 2. The fourth-order valence-electron chi connectivity index (χ4n) is 7.24. The van der Waals surface area contributed by atoms with Gasteiger partial charge in [-0.15, -0.1) is 0 Å². The monoisotopic (exact) mass is 437 g/mol. The van der Waals surface area contributed by atoms with Crippen molar-refractivity contribution in [2.24, 2.45) is 28.6 Å². The lowest BCUT2D eigenvalue weighted by molar-refractivity contribution is -0.200. The van der Waals surface area contributed by atoms with Gasteiger partial charge in [0.25, 0.3) is 0 Å². The molecule has 0 bridgehead atoms. The highest BCUT2D eigenvalue weighted by Crippen LogP contribution is 2.69. The van der Waals surface area contributed by atoms with Crippen LogP contribution in [0.2, 0.25) is 0 Å². The number of ether oxygens (including phenoxy) is 2. The smallest absolute Gasteiger partial charge is 0.193 e. The molecule has 6 heteroatoms. The molecule has 3 saturated carbocycles. The van der Waals surface area contributed by atoms with Crippen molar-refractivity contribution in [3.8, 4) is 0 Å². The summed E-state index contributed by atoms with van der Waals surface area (Å²) in [7, 11) is 0. The van der Waals surface area contributed by atoms with Gasteiger partial charge in [-0.1, -0.05) is 38.8 Å². The Balaban J connectivity index is 1.68. The summed E-state index contributed by atoms with van der Waals surface area (Å²) in [5.74, 6) is -4.06. The number of aliphatic hydroxyl groups excluding tert-OH is 1. The van der Waals surface area contributed by atoms with Gasteiger partial charge in [0.15, 0.2) is 23.4 Å². The molecule has 0 radical (unpaired) electrons. The topological polar surface area (TPSA) is 93.1 Å². The zero-order chi connectivity index (χ0) is 28.4. The maximum absolute atomic E-state index is 13.7. The number of carbonyl (C=O) groups is 2. The first-order chi connectivity index (χ1) is 17.3. The predicted molar refractivity (Wildman–Crippen MR) is 113 cm³/mol. The Morgan fingerprint density at radius 1 is 1.48 bits per heavy atom. The first kappa shape index (κ1) is 14.7. The normalized spacial score (nSPS) is 58.7. The molecule has 31 heavy (non-hydrogen) atoms. The summed E-state index contributed by atoms with van der Waals surface area (Å²) in [5.41, 5.74) is -5.04. The van der Waals surface area contributed by atoms with Gasteiger partial charge in [0.05, 0.1) is 19.1 Å². The van der Waals surface area contributed by atoms with Crippen LogP contribution in [-0.4, -0.2) is 52.4 Å². The van der Waals surface area contributed by atoms with E-state index in [4.69, 9.17) is 19.1 Å². The zero-order valence-corrected chi connectivity index (χ0v) is 18.0. The lowest BCUT2D eigenvalue weighted by Crippen LogP contribution is -2.63. The molecule has 1 unspecified atom stereocenters. The minimum Gasteiger partial charge on any atom is -0.393 e. The van der Waals surface area contributed by atoms with Crippen LogP contribution in [-0.2, 0) is 19.1 Å². The van der Waals surface area contributed by atoms with Crippen LogP contribution in [0.15, 0.2) is 23.8 Å². The van der Waals surface area contributed by atoms with Gasteiger partial charge in [-0.05, 0) is 56.0 Å². The molecule has 0 amide bonds. The standard InChI is InChI=1S/C25H34O6/c1-4-5-21-30-20-11-17-16-7-6-14-10-15(27)8-9-23(14,2)22(16)18(28)12-24(17,3)25(20,31-21)19(29)13-26/h8-10,16-18,20-22,26,28H,4-7,11-13H2,1-3H3/t16-,17-,18-,20+,21?,22+,23-,24-,25+/m0/s1/i6D2,9D,10D,13D2,21D. The molecule has 170 valence electrons. The molecule has 0 aromatic rings. The van der Waals surface area contributed by atoms with Crippen molar-refractivity contribution >= 4 is 11.6 Å². The molecule has 9 atom stereocenters. The van der Waals surface area contributed by atoms with Gasteiger partial charge in [-0.3, -0.25) is 9.59 Å². The Labute approximate surface area is 193 Å².